The molecular weight excluding hydrogens is 344 g/mol. The molecule has 3 nitrogen and oxygen atoms in total. The minimum absolute atomic E-state index is 0.122. The zero-order valence-electron chi connectivity index (χ0n) is 14.5. The predicted molar refractivity (Wildman–Crippen MR) is 104 cm³/mol. The summed E-state index contributed by atoms with van der Waals surface area (Å²) >= 11 is 6.03. The second kappa shape index (κ2) is 8.03. The zero-order chi connectivity index (χ0) is 18.5. The Balaban J connectivity index is 1.77. The Morgan fingerprint density at radius 1 is 1.23 bits per heavy atom. The molecule has 2 aromatic carbocycles. The maximum Gasteiger partial charge on any atom is 0.262 e. The molecule has 1 N–H and O–H groups in total. The van der Waals surface area contributed by atoms with E-state index in [0.717, 1.165) is 34.6 Å². The van der Waals surface area contributed by atoms with E-state index in [1.165, 1.54) is 5.56 Å². The fourth-order valence-electron chi connectivity index (χ4n) is 3.03. The summed E-state index contributed by atoms with van der Waals surface area (Å²) in [6, 6.07) is 17.3. The minimum atomic E-state index is -0.355. The van der Waals surface area contributed by atoms with Crippen molar-refractivity contribution in [2.45, 2.75) is 25.8 Å². The first-order valence-corrected chi connectivity index (χ1v) is 8.91. The van der Waals surface area contributed by atoms with Crippen molar-refractivity contribution in [2.75, 3.05) is 0 Å². The monoisotopic (exact) mass is 362 g/mol. The topological polar surface area (TPSA) is 52.9 Å². The van der Waals surface area contributed by atoms with Crippen LogP contribution in [-0.4, -0.2) is 5.91 Å². The lowest BCUT2D eigenvalue weighted by atomic mass is 9.91. The zero-order valence-corrected chi connectivity index (χ0v) is 15.3. The highest BCUT2D eigenvalue weighted by Crippen LogP contribution is 2.27. The molecule has 26 heavy (non-hydrogen) atoms. The van der Waals surface area contributed by atoms with E-state index in [0.29, 0.717) is 0 Å². The van der Waals surface area contributed by atoms with E-state index < -0.39 is 0 Å². The Hall–Kier alpha value is -2.83. The molecule has 0 fully saturated rings. The summed E-state index contributed by atoms with van der Waals surface area (Å²) in [5.41, 5.74) is 4.37. The van der Waals surface area contributed by atoms with Crippen LogP contribution in [0.15, 0.2) is 65.8 Å². The lowest BCUT2D eigenvalue weighted by Crippen LogP contribution is -2.27. The Kier molecular flexibility index (Phi) is 5.55. The average molecular weight is 363 g/mol. The van der Waals surface area contributed by atoms with Crippen LogP contribution in [0.1, 0.15) is 36.1 Å². The maximum atomic E-state index is 12.5. The number of nitrogens with one attached hydrogen (secondary N) is 1. The van der Waals surface area contributed by atoms with Crippen LogP contribution < -0.4 is 5.32 Å². The largest absolute Gasteiger partial charge is 0.345 e. The van der Waals surface area contributed by atoms with Crippen LogP contribution in [0.5, 0.6) is 0 Å². The number of allylic oxidation sites excluding steroid dienone is 2. The van der Waals surface area contributed by atoms with Gasteiger partial charge in [-0.1, -0.05) is 54.1 Å². The number of halogens is 1. The molecule has 0 heterocycles. The molecular formula is C22H19ClN2O. The third-order valence-corrected chi connectivity index (χ3v) is 4.71. The van der Waals surface area contributed by atoms with E-state index in [9.17, 15) is 10.1 Å². The molecule has 130 valence electrons. The predicted octanol–water partition coefficient (Wildman–Crippen LogP) is 5.00. The molecule has 0 radical (unpaired) electrons. The smallest absolute Gasteiger partial charge is 0.262 e. The number of nitriles is 1. The SMILES string of the molecule is C[C@@H](NC(=O)/C(C#N)=C/C1=Cc2ccc(Cl)cc2CC1)c1ccccc1. The number of rotatable bonds is 4. The molecule has 2 aromatic rings. The van der Waals surface area contributed by atoms with Gasteiger partial charge >= 0.3 is 0 Å². The number of fused-ring (bicyclic) bond motifs is 1. The van der Waals surface area contributed by atoms with Crippen molar-refractivity contribution in [3.8, 4) is 6.07 Å². The average Bonchev–Trinajstić information content (AvgIpc) is 2.66. The number of nitrogens with zero attached hydrogens (tertiary/aromatic N) is 1. The van der Waals surface area contributed by atoms with Gasteiger partial charge in [-0.2, -0.15) is 5.26 Å². The highest BCUT2D eigenvalue weighted by Gasteiger charge is 2.16. The number of carbonyl (C=O) groups excluding carboxylic acids is 1. The summed E-state index contributed by atoms with van der Waals surface area (Å²) < 4.78 is 0. The van der Waals surface area contributed by atoms with Crippen molar-refractivity contribution in [2.24, 2.45) is 0 Å². The van der Waals surface area contributed by atoms with Crippen LogP contribution in [0.25, 0.3) is 6.08 Å². The first kappa shape index (κ1) is 18.0. The van der Waals surface area contributed by atoms with Crippen LogP contribution in [-0.2, 0) is 11.2 Å². The van der Waals surface area contributed by atoms with Crippen molar-refractivity contribution in [1.82, 2.24) is 5.32 Å². The highest BCUT2D eigenvalue weighted by molar-refractivity contribution is 6.30. The summed E-state index contributed by atoms with van der Waals surface area (Å²) in [5.74, 6) is -0.355. The second-order valence-electron chi connectivity index (χ2n) is 6.34. The molecule has 1 aliphatic rings. The maximum absolute atomic E-state index is 12.5. The molecule has 4 heteroatoms. The van der Waals surface area contributed by atoms with Crippen LogP contribution >= 0.6 is 11.6 Å². The normalized spacial score (nSPS) is 14.7. The fraction of sp³-hybridized carbons (Fsp3) is 0.182. The van der Waals surface area contributed by atoms with Gasteiger partial charge in [-0.15, -0.1) is 0 Å². The van der Waals surface area contributed by atoms with Crippen LogP contribution in [0.2, 0.25) is 5.02 Å². The van der Waals surface area contributed by atoms with E-state index in [-0.39, 0.29) is 17.5 Å². The lowest BCUT2D eigenvalue weighted by Gasteiger charge is -2.16. The first-order chi connectivity index (χ1) is 12.6. The van der Waals surface area contributed by atoms with Crippen molar-refractivity contribution < 1.29 is 4.79 Å². The molecule has 0 bridgehead atoms. The summed E-state index contributed by atoms with van der Waals surface area (Å²) in [6.45, 7) is 1.90. The van der Waals surface area contributed by atoms with Crippen molar-refractivity contribution in [1.29, 1.82) is 5.26 Å². The Bertz CT molecular complexity index is 923. The third-order valence-electron chi connectivity index (χ3n) is 4.47. The lowest BCUT2D eigenvalue weighted by molar-refractivity contribution is -0.117. The molecule has 3 rings (SSSR count). The number of amides is 1. The number of hydrogen-bond acceptors (Lipinski definition) is 2. The molecule has 0 unspecified atom stereocenters. The van der Waals surface area contributed by atoms with Crippen molar-refractivity contribution in [3.63, 3.8) is 0 Å². The van der Waals surface area contributed by atoms with E-state index in [2.05, 4.69) is 5.32 Å². The van der Waals surface area contributed by atoms with Crippen LogP contribution in [0.4, 0.5) is 0 Å². The number of benzene rings is 2. The van der Waals surface area contributed by atoms with Gasteiger partial charge in [-0.05, 0) is 60.2 Å². The second-order valence-corrected chi connectivity index (χ2v) is 6.77. The number of carbonyl (C=O) groups is 1. The van der Waals surface area contributed by atoms with Gasteiger partial charge in [0.05, 0.1) is 6.04 Å². The Morgan fingerprint density at radius 2 is 2.00 bits per heavy atom. The summed E-state index contributed by atoms with van der Waals surface area (Å²) in [5, 5.41) is 13.0. The molecule has 0 aliphatic heterocycles. The molecule has 0 saturated heterocycles. The minimum Gasteiger partial charge on any atom is -0.345 e. The molecule has 1 amide bonds. The summed E-state index contributed by atoms with van der Waals surface area (Å²) in [7, 11) is 0. The van der Waals surface area contributed by atoms with Gasteiger partial charge in [0, 0.05) is 5.02 Å². The Labute approximate surface area is 158 Å². The van der Waals surface area contributed by atoms with E-state index in [1.807, 2.05) is 67.6 Å². The number of hydrogen-bond donors (Lipinski definition) is 1. The van der Waals surface area contributed by atoms with Crippen LogP contribution in [0, 0.1) is 11.3 Å². The fourth-order valence-corrected chi connectivity index (χ4v) is 3.22. The van der Waals surface area contributed by atoms with Gasteiger partial charge in [-0.25, -0.2) is 0 Å². The van der Waals surface area contributed by atoms with Crippen molar-refractivity contribution in [3.05, 3.63) is 87.5 Å². The van der Waals surface area contributed by atoms with E-state index >= 15 is 0 Å². The van der Waals surface area contributed by atoms with Crippen molar-refractivity contribution >= 4 is 23.6 Å². The Morgan fingerprint density at radius 3 is 2.73 bits per heavy atom. The standard InChI is InChI=1S/C22H19ClN2O/c1-15(17-5-3-2-4-6-17)25-22(26)20(14-24)12-16-7-8-19-13-21(23)10-9-18(19)11-16/h2-6,9-13,15H,7-8H2,1H3,(H,25,26)/b20-12+/t15-/m1/s1. The van der Waals surface area contributed by atoms with E-state index in [4.69, 9.17) is 11.6 Å². The van der Waals surface area contributed by atoms with Gasteiger partial charge in [0.1, 0.15) is 11.6 Å². The van der Waals surface area contributed by atoms with Gasteiger partial charge < -0.3 is 5.32 Å². The van der Waals surface area contributed by atoms with E-state index in [1.54, 1.807) is 6.08 Å². The molecule has 0 saturated carbocycles. The van der Waals surface area contributed by atoms with Gasteiger partial charge in [-0.3, -0.25) is 4.79 Å². The highest BCUT2D eigenvalue weighted by atomic mass is 35.5. The number of aryl methyl sites for hydroxylation is 1. The summed E-state index contributed by atoms with van der Waals surface area (Å²) in [4.78, 5) is 12.5. The quantitative estimate of drug-likeness (QED) is 0.614. The third kappa shape index (κ3) is 4.22. The molecule has 0 spiro atoms. The molecule has 1 aliphatic carbocycles. The van der Waals surface area contributed by atoms with Gasteiger partial charge in [0.2, 0.25) is 0 Å². The molecule has 0 aromatic heterocycles. The van der Waals surface area contributed by atoms with Crippen LogP contribution in [0.3, 0.4) is 0 Å². The van der Waals surface area contributed by atoms with Gasteiger partial charge in [0.15, 0.2) is 0 Å². The summed E-state index contributed by atoms with van der Waals surface area (Å²) in [6.07, 6.45) is 5.32. The van der Waals surface area contributed by atoms with Gasteiger partial charge in [0.25, 0.3) is 5.91 Å². The molecule has 1 atom stereocenters. The first-order valence-electron chi connectivity index (χ1n) is 8.53.